The summed E-state index contributed by atoms with van der Waals surface area (Å²) in [5.41, 5.74) is 0.242. The molecule has 0 radical (unpaired) electrons. The molecule has 2 rings (SSSR count). The Balaban J connectivity index is 2.29. The van der Waals surface area contributed by atoms with Gasteiger partial charge in [-0.1, -0.05) is 30.3 Å². The Morgan fingerprint density at radius 3 is 2.43 bits per heavy atom. The largest absolute Gasteiger partial charge is 0.480 e. The van der Waals surface area contributed by atoms with Crippen LogP contribution in [0.3, 0.4) is 0 Å². The van der Waals surface area contributed by atoms with Gasteiger partial charge in [0, 0.05) is 5.75 Å². The van der Waals surface area contributed by atoms with E-state index in [0.29, 0.717) is 5.75 Å². The molecule has 1 fully saturated rings. The zero-order chi connectivity index (χ0) is 15.6. The van der Waals surface area contributed by atoms with Crippen LogP contribution < -0.4 is 0 Å². The number of hydrogen-bond donors (Lipinski definition) is 1. The maximum atomic E-state index is 12.4. The van der Waals surface area contributed by atoms with E-state index < -0.39 is 23.7 Å². The van der Waals surface area contributed by atoms with Crippen molar-refractivity contribution in [2.45, 2.75) is 37.8 Å². The van der Waals surface area contributed by atoms with Crippen molar-refractivity contribution in [1.29, 1.82) is 0 Å². The number of ether oxygens (including phenoxy) is 1. The molecule has 0 aromatic heterocycles. The lowest BCUT2D eigenvalue weighted by Crippen LogP contribution is -2.45. The molecule has 2 atom stereocenters. The molecule has 1 aromatic rings. The second kappa shape index (κ2) is 5.97. The fourth-order valence-electron chi connectivity index (χ4n) is 2.11. The Hall–Kier alpha value is -1.69. The number of rotatable bonds is 2. The molecule has 5 nitrogen and oxygen atoms in total. The van der Waals surface area contributed by atoms with E-state index in [-0.39, 0.29) is 5.37 Å². The number of carbonyl (C=O) groups excluding carboxylic acids is 1. The maximum Gasteiger partial charge on any atom is 0.412 e. The third kappa shape index (κ3) is 3.69. The Bertz CT molecular complexity index is 526. The lowest BCUT2D eigenvalue weighted by molar-refractivity contribution is -0.142. The average Bonchev–Trinajstić information content (AvgIpc) is 2.82. The van der Waals surface area contributed by atoms with Crippen molar-refractivity contribution >= 4 is 23.8 Å². The summed E-state index contributed by atoms with van der Waals surface area (Å²) in [7, 11) is 0. The van der Waals surface area contributed by atoms with Gasteiger partial charge < -0.3 is 9.84 Å². The molecule has 1 aliphatic heterocycles. The van der Waals surface area contributed by atoms with Gasteiger partial charge >= 0.3 is 12.1 Å². The van der Waals surface area contributed by atoms with E-state index in [4.69, 9.17) is 4.74 Å². The molecule has 2 unspecified atom stereocenters. The molecule has 6 heteroatoms. The van der Waals surface area contributed by atoms with E-state index in [1.165, 1.54) is 16.7 Å². The number of hydrogen-bond acceptors (Lipinski definition) is 4. The van der Waals surface area contributed by atoms with Crippen LogP contribution in [0.15, 0.2) is 30.3 Å². The van der Waals surface area contributed by atoms with E-state index in [9.17, 15) is 14.7 Å². The van der Waals surface area contributed by atoms with Crippen LogP contribution in [0.2, 0.25) is 0 Å². The summed E-state index contributed by atoms with van der Waals surface area (Å²) in [6.07, 6.45) is -0.589. The van der Waals surface area contributed by atoms with Crippen molar-refractivity contribution in [3.8, 4) is 0 Å². The smallest absolute Gasteiger partial charge is 0.412 e. The number of aliphatic carboxylic acids is 1. The maximum absolute atomic E-state index is 12.4. The van der Waals surface area contributed by atoms with Gasteiger partial charge in [0.25, 0.3) is 0 Å². The molecular weight excluding hydrogens is 290 g/mol. The van der Waals surface area contributed by atoms with Crippen LogP contribution in [-0.2, 0) is 9.53 Å². The van der Waals surface area contributed by atoms with Crippen molar-refractivity contribution < 1.29 is 19.4 Å². The number of amides is 1. The molecular formula is C15H19NO4S. The predicted molar refractivity (Wildman–Crippen MR) is 81.1 cm³/mol. The molecule has 0 bridgehead atoms. The Labute approximate surface area is 128 Å². The van der Waals surface area contributed by atoms with Gasteiger partial charge in [0.05, 0.1) is 0 Å². The van der Waals surface area contributed by atoms with Gasteiger partial charge in [0.15, 0.2) is 0 Å². The Morgan fingerprint density at radius 1 is 1.29 bits per heavy atom. The van der Waals surface area contributed by atoms with Crippen molar-refractivity contribution in [3.63, 3.8) is 0 Å². The van der Waals surface area contributed by atoms with Crippen LogP contribution in [0.4, 0.5) is 4.79 Å². The Morgan fingerprint density at radius 2 is 1.90 bits per heavy atom. The van der Waals surface area contributed by atoms with Gasteiger partial charge in [0.1, 0.15) is 17.0 Å². The van der Waals surface area contributed by atoms with E-state index in [1.807, 2.05) is 30.3 Å². The lowest BCUT2D eigenvalue weighted by atomic mass is 10.2. The number of thioether (sulfide) groups is 1. The predicted octanol–water partition coefficient (Wildman–Crippen LogP) is 3.12. The van der Waals surface area contributed by atoms with E-state index in [2.05, 4.69) is 0 Å². The first-order valence-electron chi connectivity index (χ1n) is 6.70. The Kier molecular flexibility index (Phi) is 4.46. The molecule has 1 aromatic carbocycles. The molecule has 21 heavy (non-hydrogen) atoms. The summed E-state index contributed by atoms with van der Waals surface area (Å²) < 4.78 is 5.36. The quantitative estimate of drug-likeness (QED) is 0.909. The van der Waals surface area contributed by atoms with Crippen LogP contribution in [0.5, 0.6) is 0 Å². The fraction of sp³-hybridized carbons (Fsp3) is 0.467. The van der Waals surface area contributed by atoms with E-state index in [1.54, 1.807) is 20.8 Å². The number of carboxylic acids is 1. The molecule has 1 aliphatic rings. The standard InChI is InChI=1S/C15H19NO4S/c1-15(2,3)20-14(19)16-11(13(17)18)9-21-12(16)10-7-5-4-6-8-10/h4-8,11-12H,9H2,1-3H3,(H,17,18). The van der Waals surface area contributed by atoms with Crippen LogP contribution in [-0.4, -0.2) is 39.5 Å². The van der Waals surface area contributed by atoms with E-state index >= 15 is 0 Å². The van der Waals surface area contributed by atoms with Crippen molar-refractivity contribution in [2.75, 3.05) is 5.75 Å². The summed E-state index contributed by atoms with van der Waals surface area (Å²) >= 11 is 1.44. The molecule has 1 saturated heterocycles. The summed E-state index contributed by atoms with van der Waals surface area (Å²) in [6, 6.07) is 8.54. The zero-order valence-electron chi connectivity index (χ0n) is 12.3. The second-order valence-electron chi connectivity index (χ2n) is 5.84. The number of benzene rings is 1. The lowest BCUT2D eigenvalue weighted by Gasteiger charge is -2.30. The third-order valence-corrected chi connectivity index (χ3v) is 4.30. The first-order chi connectivity index (χ1) is 9.79. The SMILES string of the molecule is CC(C)(C)OC(=O)N1C(C(=O)O)CSC1c1ccccc1. The van der Waals surface area contributed by atoms with Gasteiger partial charge in [-0.15, -0.1) is 11.8 Å². The molecule has 1 amide bonds. The highest BCUT2D eigenvalue weighted by molar-refractivity contribution is 7.99. The summed E-state index contributed by atoms with van der Waals surface area (Å²) in [5, 5.41) is 9.00. The van der Waals surface area contributed by atoms with Gasteiger partial charge in [-0.3, -0.25) is 4.90 Å². The number of nitrogens with zero attached hydrogens (tertiary/aromatic N) is 1. The monoisotopic (exact) mass is 309 g/mol. The fourth-order valence-corrected chi connectivity index (χ4v) is 3.52. The highest BCUT2D eigenvalue weighted by atomic mass is 32.2. The van der Waals surface area contributed by atoms with Crippen LogP contribution >= 0.6 is 11.8 Å². The van der Waals surface area contributed by atoms with Crippen molar-refractivity contribution in [3.05, 3.63) is 35.9 Å². The molecule has 0 spiro atoms. The summed E-state index contributed by atoms with van der Waals surface area (Å²) in [4.78, 5) is 25.1. The van der Waals surface area contributed by atoms with Gasteiger partial charge in [-0.05, 0) is 26.3 Å². The van der Waals surface area contributed by atoms with E-state index in [0.717, 1.165) is 5.56 Å². The van der Waals surface area contributed by atoms with Crippen molar-refractivity contribution in [2.24, 2.45) is 0 Å². The first kappa shape index (κ1) is 15.7. The van der Waals surface area contributed by atoms with Crippen LogP contribution in [0.1, 0.15) is 31.7 Å². The molecule has 0 saturated carbocycles. The van der Waals surface area contributed by atoms with Gasteiger partial charge in [0.2, 0.25) is 0 Å². The normalized spacial score (nSPS) is 22.1. The highest BCUT2D eigenvalue weighted by Gasteiger charge is 2.44. The molecule has 1 N–H and O–H groups in total. The average molecular weight is 309 g/mol. The molecule has 1 heterocycles. The molecule has 114 valence electrons. The third-order valence-electron chi connectivity index (χ3n) is 2.97. The van der Waals surface area contributed by atoms with Crippen LogP contribution in [0.25, 0.3) is 0 Å². The van der Waals surface area contributed by atoms with Crippen molar-refractivity contribution in [1.82, 2.24) is 4.90 Å². The van der Waals surface area contributed by atoms with Gasteiger partial charge in [-0.2, -0.15) is 0 Å². The minimum Gasteiger partial charge on any atom is -0.480 e. The second-order valence-corrected chi connectivity index (χ2v) is 6.95. The van der Waals surface area contributed by atoms with Crippen LogP contribution in [0, 0.1) is 0 Å². The summed E-state index contributed by atoms with van der Waals surface area (Å²) in [6.45, 7) is 5.30. The minimum atomic E-state index is -1.01. The number of carboxylic acid groups (broad SMARTS) is 1. The topological polar surface area (TPSA) is 66.8 Å². The highest BCUT2D eigenvalue weighted by Crippen LogP contribution is 2.42. The van der Waals surface area contributed by atoms with Gasteiger partial charge in [-0.25, -0.2) is 9.59 Å². The minimum absolute atomic E-state index is 0.331. The summed E-state index contributed by atoms with van der Waals surface area (Å²) in [5.74, 6) is -0.652. The molecule has 0 aliphatic carbocycles. The first-order valence-corrected chi connectivity index (χ1v) is 7.75. The zero-order valence-corrected chi connectivity index (χ0v) is 13.1. The number of carbonyl (C=O) groups is 2.